The maximum Gasteiger partial charge on any atom is 0.246 e. The van der Waals surface area contributed by atoms with Gasteiger partial charge in [0.25, 0.3) is 0 Å². The molecule has 1 N–H and O–H groups in total. The zero-order valence-electron chi connectivity index (χ0n) is 12.9. The fourth-order valence-corrected chi connectivity index (χ4v) is 3.72. The molecule has 0 saturated carbocycles. The van der Waals surface area contributed by atoms with Gasteiger partial charge in [-0.2, -0.15) is 5.10 Å². The Kier molecular flexibility index (Phi) is 4.20. The minimum atomic E-state index is -3.65. The van der Waals surface area contributed by atoms with Gasteiger partial charge in [0.15, 0.2) is 5.76 Å². The zero-order chi connectivity index (χ0) is 15.8. The molecule has 0 atom stereocenters. The van der Waals surface area contributed by atoms with E-state index in [0.29, 0.717) is 5.69 Å². The van der Waals surface area contributed by atoms with E-state index in [1.54, 1.807) is 13.8 Å². The van der Waals surface area contributed by atoms with Gasteiger partial charge in [-0.25, -0.2) is 13.1 Å². The van der Waals surface area contributed by atoms with Crippen molar-refractivity contribution >= 4 is 10.0 Å². The molecule has 0 aliphatic heterocycles. The topological polar surface area (TPSA) is 90.0 Å². The van der Waals surface area contributed by atoms with Crippen molar-refractivity contribution in [3.8, 4) is 0 Å². The predicted molar refractivity (Wildman–Crippen MR) is 77.4 cm³/mol. The number of aromatic nitrogens is 3. The highest BCUT2D eigenvalue weighted by molar-refractivity contribution is 7.89. The molecule has 0 fully saturated rings. The summed E-state index contributed by atoms with van der Waals surface area (Å²) in [6.07, 6.45) is 0. The van der Waals surface area contributed by atoms with Crippen LogP contribution in [0.3, 0.4) is 0 Å². The molecule has 0 unspecified atom stereocenters. The van der Waals surface area contributed by atoms with Crippen molar-refractivity contribution in [2.45, 2.75) is 52.6 Å². The van der Waals surface area contributed by atoms with E-state index in [1.165, 1.54) is 0 Å². The number of rotatable bonds is 5. The van der Waals surface area contributed by atoms with E-state index in [2.05, 4.69) is 15.0 Å². The lowest BCUT2D eigenvalue weighted by atomic mass is 10.2. The largest absolute Gasteiger partial charge is 0.360 e. The highest BCUT2D eigenvalue weighted by Crippen LogP contribution is 2.20. The fraction of sp³-hybridized carbons (Fsp3) is 0.538. The highest BCUT2D eigenvalue weighted by atomic mass is 32.2. The molecule has 0 bridgehead atoms. The molecule has 0 radical (unpaired) electrons. The second-order valence-electron chi connectivity index (χ2n) is 4.94. The van der Waals surface area contributed by atoms with Crippen LogP contribution in [0.15, 0.2) is 9.42 Å². The first kappa shape index (κ1) is 15.7. The summed E-state index contributed by atoms with van der Waals surface area (Å²) >= 11 is 0. The van der Waals surface area contributed by atoms with Gasteiger partial charge < -0.3 is 4.52 Å². The van der Waals surface area contributed by atoms with Gasteiger partial charge in [0, 0.05) is 24.3 Å². The van der Waals surface area contributed by atoms with Gasteiger partial charge in [-0.3, -0.25) is 4.68 Å². The van der Waals surface area contributed by atoms with Crippen molar-refractivity contribution < 1.29 is 12.9 Å². The van der Waals surface area contributed by atoms with Crippen LogP contribution in [0.4, 0.5) is 0 Å². The van der Waals surface area contributed by atoms with Crippen LogP contribution in [0.2, 0.25) is 0 Å². The summed E-state index contributed by atoms with van der Waals surface area (Å²) in [5, 5.41) is 8.06. The number of hydrogen-bond acceptors (Lipinski definition) is 5. The summed E-state index contributed by atoms with van der Waals surface area (Å²) in [6.45, 7) is 9.95. The minimum absolute atomic E-state index is 0.112. The van der Waals surface area contributed by atoms with Crippen molar-refractivity contribution in [2.75, 3.05) is 0 Å². The first-order chi connectivity index (χ1) is 9.77. The Morgan fingerprint density at radius 2 is 1.86 bits per heavy atom. The summed E-state index contributed by atoms with van der Waals surface area (Å²) < 4.78 is 34.1. The first-order valence-corrected chi connectivity index (χ1v) is 8.21. The number of nitrogens with zero attached hydrogens (tertiary/aromatic N) is 3. The van der Waals surface area contributed by atoms with Gasteiger partial charge in [-0.05, 0) is 34.6 Å². The summed E-state index contributed by atoms with van der Waals surface area (Å²) in [5.74, 6) is 0.290. The summed E-state index contributed by atoms with van der Waals surface area (Å²) in [6, 6.07) is 0. The van der Waals surface area contributed by atoms with Crippen LogP contribution in [0.5, 0.6) is 0 Å². The number of aryl methyl sites for hydroxylation is 4. The molecule has 0 aromatic carbocycles. The Labute approximate surface area is 124 Å². The van der Waals surface area contributed by atoms with Crippen molar-refractivity contribution in [2.24, 2.45) is 0 Å². The third-order valence-electron chi connectivity index (χ3n) is 3.51. The third kappa shape index (κ3) is 2.86. The Hall–Kier alpha value is -1.67. The normalized spacial score (nSPS) is 12.0. The molecule has 0 saturated heterocycles. The van der Waals surface area contributed by atoms with Gasteiger partial charge in [0.1, 0.15) is 10.6 Å². The Bertz CT molecular complexity index is 739. The van der Waals surface area contributed by atoms with E-state index in [9.17, 15) is 8.42 Å². The Balaban J connectivity index is 2.26. The van der Waals surface area contributed by atoms with E-state index in [4.69, 9.17) is 4.52 Å². The molecule has 0 aliphatic rings. The first-order valence-electron chi connectivity index (χ1n) is 6.73. The molecule has 8 heteroatoms. The van der Waals surface area contributed by atoms with Crippen molar-refractivity contribution in [1.29, 1.82) is 0 Å². The predicted octanol–water partition coefficient (Wildman–Crippen LogP) is 1.60. The van der Waals surface area contributed by atoms with E-state index in [0.717, 1.165) is 23.5 Å². The minimum Gasteiger partial charge on any atom is -0.360 e. The van der Waals surface area contributed by atoms with Crippen molar-refractivity contribution in [3.63, 3.8) is 0 Å². The molecule has 0 aliphatic carbocycles. The summed E-state index contributed by atoms with van der Waals surface area (Å²) in [5.41, 5.74) is 3.05. The highest BCUT2D eigenvalue weighted by Gasteiger charge is 2.24. The standard InChI is InChI=1S/C13H20N4O3S/c1-6-17-10(4)12(8(2)15-17)7-14-21(18,19)13-9(3)16-20-11(13)5/h14H,6-7H2,1-5H3. The average molecular weight is 312 g/mol. The molecular weight excluding hydrogens is 292 g/mol. The number of nitrogens with one attached hydrogen (secondary N) is 1. The van der Waals surface area contributed by atoms with Gasteiger partial charge in [-0.1, -0.05) is 5.16 Å². The van der Waals surface area contributed by atoms with Crippen LogP contribution >= 0.6 is 0 Å². The van der Waals surface area contributed by atoms with Crippen LogP contribution in [0, 0.1) is 27.7 Å². The molecule has 7 nitrogen and oxygen atoms in total. The molecule has 21 heavy (non-hydrogen) atoms. The SMILES string of the molecule is CCn1nc(C)c(CNS(=O)(=O)c2c(C)noc2C)c1C. The van der Waals surface area contributed by atoms with Gasteiger partial charge in [-0.15, -0.1) is 0 Å². The quantitative estimate of drug-likeness (QED) is 0.905. The van der Waals surface area contributed by atoms with Crippen molar-refractivity contribution in [3.05, 3.63) is 28.4 Å². The van der Waals surface area contributed by atoms with Crippen LogP contribution in [0.25, 0.3) is 0 Å². The molecule has 0 spiro atoms. The lowest BCUT2D eigenvalue weighted by Crippen LogP contribution is -2.24. The second-order valence-corrected chi connectivity index (χ2v) is 6.65. The lowest BCUT2D eigenvalue weighted by Gasteiger charge is -2.07. The monoisotopic (exact) mass is 312 g/mol. The van der Waals surface area contributed by atoms with E-state index < -0.39 is 10.0 Å². The molecular formula is C13H20N4O3S. The number of hydrogen-bond donors (Lipinski definition) is 1. The molecule has 2 aromatic rings. The maximum atomic E-state index is 12.4. The van der Waals surface area contributed by atoms with E-state index in [1.807, 2.05) is 25.5 Å². The van der Waals surface area contributed by atoms with Crippen LogP contribution in [-0.4, -0.2) is 23.4 Å². The smallest absolute Gasteiger partial charge is 0.246 e. The second kappa shape index (κ2) is 5.61. The Morgan fingerprint density at radius 1 is 1.19 bits per heavy atom. The molecule has 2 rings (SSSR count). The summed E-state index contributed by atoms with van der Waals surface area (Å²) in [4.78, 5) is 0.112. The number of sulfonamides is 1. The third-order valence-corrected chi connectivity index (χ3v) is 5.15. The van der Waals surface area contributed by atoms with Crippen LogP contribution < -0.4 is 4.72 Å². The van der Waals surface area contributed by atoms with Crippen LogP contribution in [-0.2, 0) is 23.1 Å². The average Bonchev–Trinajstić information content (AvgIpc) is 2.88. The van der Waals surface area contributed by atoms with E-state index >= 15 is 0 Å². The maximum absolute atomic E-state index is 12.4. The summed E-state index contributed by atoms with van der Waals surface area (Å²) in [7, 11) is -3.65. The zero-order valence-corrected chi connectivity index (χ0v) is 13.7. The van der Waals surface area contributed by atoms with Crippen molar-refractivity contribution in [1.82, 2.24) is 19.7 Å². The molecule has 2 heterocycles. The van der Waals surface area contributed by atoms with Gasteiger partial charge >= 0.3 is 0 Å². The molecule has 0 amide bonds. The Morgan fingerprint density at radius 3 is 2.33 bits per heavy atom. The van der Waals surface area contributed by atoms with Gasteiger partial charge in [0.2, 0.25) is 10.0 Å². The molecule has 116 valence electrons. The van der Waals surface area contributed by atoms with Crippen LogP contribution in [0.1, 0.15) is 35.3 Å². The van der Waals surface area contributed by atoms with Gasteiger partial charge in [0.05, 0.1) is 5.69 Å². The fourth-order valence-electron chi connectivity index (χ4n) is 2.40. The van der Waals surface area contributed by atoms with E-state index in [-0.39, 0.29) is 17.2 Å². The molecule has 2 aromatic heterocycles. The lowest BCUT2D eigenvalue weighted by molar-refractivity contribution is 0.390.